The molecule has 0 bridgehead atoms. The van der Waals surface area contributed by atoms with Crippen LogP contribution in [0.4, 0.5) is 5.82 Å². The maximum atomic E-state index is 5.86. The van der Waals surface area contributed by atoms with Gasteiger partial charge in [-0.25, -0.2) is 9.97 Å². The second-order valence-corrected chi connectivity index (χ2v) is 5.75. The molecule has 1 aliphatic heterocycles. The SMILES string of the molecule is CCNc1nc(C2CCC(C)O2)nc(COC)c1I. The molecule has 1 N–H and O–H groups in total. The largest absolute Gasteiger partial charge is 0.378 e. The average Bonchev–Trinajstić information content (AvgIpc) is 2.81. The predicted molar refractivity (Wildman–Crippen MR) is 82.1 cm³/mol. The van der Waals surface area contributed by atoms with E-state index >= 15 is 0 Å². The Kier molecular flexibility index (Phi) is 5.35. The van der Waals surface area contributed by atoms with Gasteiger partial charge in [-0.15, -0.1) is 0 Å². The molecular formula is C13H20IN3O2. The van der Waals surface area contributed by atoms with Gasteiger partial charge in [-0.05, 0) is 49.3 Å². The standard InChI is InChI=1S/C13H20IN3O2/c1-4-15-13-11(14)9(7-18-3)16-12(17-13)10-6-5-8(2)19-10/h8,10H,4-7H2,1-3H3,(H,15,16,17). The van der Waals surface area contributed by atoms with E-state index in [1.807, 2.05) is 0 Å². The van der Waals surface area contributed by atoms with Crippen LogP contribution in [0, 0.1) is 3.57 Å². The average molecular weight is 377 g/mol. The normalized spacial score (nSPS) is 22.7. The number of hydrogen-bond acceptors (Lipinski definition) is 5. The van der Waals surface area contributed by atoms with Crippen molar-refractivity contribution in [1.29, 1.82) is 0 Å². The molecule has 0 saturated carbocycles. The number of halogens is 1. The first-order valence-corrected chi connectivity index (χ1v) is 7.68. The molecule has 0 amide bonds. The molecular weight excluding hydrogens is 357 g/mol. The first-order chi connectivity index (χ1) is 9.15. The third-order valence-electron chi connectivity index (χ3n) is 3.08. The lowest BCUT2D eigenvalue weighted by atomic mass is 10.2. The maximum absolute atomic E-state index is 5.86. The minimum absolute atomic E-state index is 0.0139. The van der Waals surface area contributed by atoms with Crippen LogP contribution in [0.15, 0.2) is 0 Å². The fourth-order valence-electron chi connectivity index (χ4n) is 2.17. The van der Waals surface area contributed by atoms with E-state index in [0.29, 0.717) is 12.7 Å². The van der Waals surface area contributed by atoms with E-state index in [2.05, 4.69) is 51.7 Å². The highest BCUT2D eigenvalue weighted by Crippen LogP contribution is 2.32. The van der Waals surface area contributed by atoms with Crippen LogP contribution in [0.2, 0.25) is 0 Å². The van der Waals surface area contributed by atoms with Gasteiger partial charge in [-0.3, -0.25) is 0 Å². The van der Waals surface area contributed by atoms with Crippen molar-refractivity contribution in [2.45, 2.75) is 45.5 Å². The van der Waals surface area contributed by atoms with Gasteiger partial charge in [-0.1, -0.05) is 0 Å². The lowest BCUT2D eigenvalue weighted by molar-refractivity contribution is 0.0499. The van der Waals surface area contributed by atoms with E-state index in [1.54, 1.807) is 7.11 Å². The van der Waals surface area contributed by atoms with Gasteiger partial charge in [0.25, 0.3) is 0 Å². The summed E-state index contributed by atoms with van der Waals surface area (Å²) in [6.07, 6.45) is 2.36. The van der Waals surface area contributed by atoms with E-state index < -0.39 is 0 Å². The molecule has 1 aromatic rings. The Labute approximate surface area is 127 Å². The Morgan fingerprint density at radius 2 is 2.21 bits per heavy atom. The second-order valence-electron chi connectivity index (χ2n) is 4.67. The molecule has 5 nitrogen and oxygen atoms in total. The van der Waals surface area contributed by atoms with E-state index in [-0.39, 0.29) is 6.10 Å². The number of aromatic nitrogens is 2. The third kappa shape index (κ3) is 3.55. The number of hydrogen-bond donors (Lipinski definition) is 1. The Morgan fingerprint density at radius 3 is 2.79 bits per heavy atom. The van der Waals surface area contributed by atoms with Gasteiger partial charge in [0.05, 0.1) is 22.0 Å². The summed E-state index contributed by atoms with van der Waals surface area (Å²) in [5.74, 6) is 1.65. The molecule has 2 atom stereocenters. The molecule has 2 unspecified atom stereocenters. The molecule has 0 radical (unpaired) electrons. The molecule has 2 heterocycles. The van der Waals surface area contributed by atoms with Gasteiger partial charge in [-0.2, -0.15) is 0 Å². The van der Waals surface area contributed by atoms with Crippen LogP contribution < -0.4 is 5.32 Å². The summed E-state index contributed by atoms with van der Waals surface area (Å²) in [5.41, 5.74) is 0.923. The molecule has 1 aromatic heterocycles. The minimum Gasteiger partial charge on any atom is -0.378 e. The van der Waals surface area contributed by atoms with Crippen molar-refractivity contribution in [1.82, 2.24) is 9.97 Å². The Hall–Kier alpha value is -0.470. The summed E-state index contributed by atoms with van der Waals surface area (Å²) in [5, 5.41) is 3.28. The molecule has 1 aliphatic rings. The number of methoxy groups -OCH3 is 1. The van der Waals surface area contributed by atoms with Crippen LogP contribution in [-0.2, 0) is 16.1 Å². The van der Waals surface area contributed by atoms with Gasteiger partial charge in [0.15, 0.2) is 5.82 Å². The molecule has 0 aliphatic carbocycles. The number of anilines is 1. The highest BCUT2D eigenvalue weighted by Gasteiger charge is 2.27. The molecule has 1 saturated heterocycles. The van der Waals surface area contributed by atoms with Gasteiger partial charge in [0, 0.05) is 13.7 Å². The maximum Gasteiger partial charge on any atom is 0.159 e. The summed E-state index contributed by atoms with van der Waals surface area (Å²) in [7, 11) is 1.68. The number of nitrogens with one attached hydrogen (secondary N) is 1. The van der Waals surface area contributed by atoms with Crippen LogP contribution in [0.3, 0.4) is 0 Å². The van der Waals surface area contributed by atoms with E-state index in [1.165, 1.54) is 0 Å². The second kappa shape index (κ2) is 6.81. The minimum atomic E-state index is 0.0139. The van der Waals surface area contributed by atoms with Crippen LogP contribution in [0.1, 0.15) is 44.3 Å². The zero-order valence-corrected chi connectivity index (χ0v) is 13.7. The number of rotatable bonds is 5. The fraction of sp³-hybridized carbons (Fsp3) is 0.692. The van der Waals surface area contributed by atoms with Crippen LogP contribution >= 0.6 is 22.6 Å². The molecule has 6 heteroatoms. The molecule has 0 aromatic carbocycles. The quantitative estimate of drug-likeness (QED) is 0.800. The highest BCUT2D eigenvalue weighted by atomic mass is 127. The predicted octanol–water partition coefficient (Wildman–Crippen LogP) is 2.90. The van der Waals surface area contributed by atoms with Crippen molar-refractivity contribution in [3.05, 3.63) is 15.1 Å². The summed E-state index contributed by atoms with van der Waals surface area (Å²) in [6.45, 7) is 5.48. The van der Waals surface area contributed by atoms with Crippen molar-refractivity contribution >= 4 is 28.4 Å². The van der Waals surface area contributed by atoms with Crippen molar-refractivity contribution in [3.63, 3.8) is 0 Å². The van der Waals surface area contributed by atoms with Crippen molar-refractivity contribution < 1.29 is 9.47 Å². The van der Waals surface area contributed by atoms with Gasteiger partial charge >= 0.3 is 0 Å². The Morgan fingerprint density at radius 1 is 1.42 bits per heavy atom. The fourth-order valence-corrected chi connectivity index (χ4v) is 2.75. The van der Waals surface area contributed by atoms with Crippen LogP contribution in [-0.4, -0.2) is 29.7 Å². The smallest absolute Gasteiger partial charge is 0.159 e. The molecule has 1 fully saturated rings. The number of nitrogens with zero attached hydrogens (tertiary/aromatic N) is 2. The van der Waals surface area contributed by atoms with Crippen molar-refractivity contribution in [2.24, 2.45) is 0 Å². The molecule has 106 valence electrons. The third-order valence-corrected chi connectivity index (χ3v) is 4.22. The zero-order chi connectivity index (χ0) is 13.8. The van der Waals surface area contributed by atoms with Crippen LogP contribution in [0.5, 0.6) is 0 Å². The van der Waals surface area contributed by atoms with Crippen molar-refractivity contribution in [3.8, 4) is 0 Å². The van der Waals surface area contributed by atoms with E-state index in [0.717, 1.165) is 40.3 Å². The number of ether oxygens (including phenoxy) is 2. The summed E-state index contributed by atoms with van der Waals surface area (Å²) < 4.78 is 12.1. The topological polar surface area (TPSA) is 56.3 Å². The molecule has 2 rings (SSSR count). The van der Waals surface area contributed by atoms with Gasteiger partial charge in [0.1, 0.15) is 11.9 Å². The molecule has 19 heavy (non-hydrogen) atoms. The van der Waals surface area contributed by atoms with Gasteiger partial charge < -0.3 is 14.8 Å². The first-order valence-electron chi connectivity index (χ1n) is 6.60. The van der Waals surface area contributed by atoms with Gasteiger partial charge in [0.2, 0.25) is 0 Å². The van der Waals surface area contributed by atoms with E-state index in [9.17, 15) is 0 Å². The molecule has 0 spiro atoms. The van der Waals surface area contributed by atoms with Crippen LogP contribution in [0.25, 0.3) is 0 Å². The summed E-state index contributed by atoms with van der Waals surface area (Å²) in [6, 6.07) is 0. The summed E-state index contributed by atoms with van der Waals surface area (Å²) >= 11 is 2.26. The summed E-state index contributed by atoms with van der Waals surface area (Å²) in [4.78, 5) is 9.22. The highest BCUT2D eigenvalue weighted by molar-refractivity contribution is 14.1. The Bertz CT molecular complexity index is 415. The van der Waals surface area contributed by atoms with E-state index in [4.69, 9.17) is 9.47 Å². The lowest BCUT2D eigenvalue weighted by Crippen LogP contribution is -2.13. The monoisotopic (exact) mass is 377 g/mol. The lowest BCUT2D eigenvalue weighted by Gasteiger charge is -2.15. The Balaban J connectivity index is 2.32. The first kappa shape index (κ1) is 14.9. The zero-order valence-electron chi connectivity index (χ0n) is 11.6. The van der Waals surface area contributed by atoms with Crippen molar-refractivity contribution in [2.75, 3.05) is 19.0 Å².